The standard InChI is InChI=1S/C23H36N2O2/c1-2-6-19(7-3-1)10-13-25-14-11-20(12-15-25)16-24-17-21-18-26-22-8-4-5-9-23(22)27-21/h4-5,8-9,19-21,24H,1-3,6-7,10-18H2. The van der Waals surface area contributed by atoms with E-state index in [0.717, 1.165) is 36.4 Å². The van der Waals surface area contributed by atoms with Crippen molar-refractivity contribution in [1.29, 1.82) is 0 Å². The van der Waals surface area contributed by atoms with Crippen molar-refractivity contribution >= 4 is 0 Å². The fraction of sp³-hybridized carbons (Fsp3) is 0.739. The molecule has 1 saturated carbocycles. The van der Waals surface area contributed by atoms with Gasteiger partial charge in [0.05, 0.1) is 0 Å². The first kappa shape index (κ1) is 19.1. The molecule has 4 heteroatoms. The molecule has 0 radical (unpaired) electrons. The van der Waals surface area contributed by atoms with Gasteiger partial charge >= 0.3 is 0 Å². The molecule has 150 valence electrons. The summed E-state index contributed by atoms with van der Waals surface area (Å²) in [5.41, 5.74) is 0. The molecule has 0 spiro atoms. The van der Waals surface area contributed by atoms with Gasteiger partial charge in [-0.1, -0.05) is 44.2 Å². The molecule has 1 N–H and O–H groups in total. The molecule has 27 heavy (non-hydrogen) atoms. The Kier molecular flexibility index (Phi) is 6.92. The van der Waals surface area contributed by atoms with Crippen LogP contribution < -0.4 is 14.8 Å². The van der Waals surface area contributed by atoms with E-state index in [1.807, 2.05) is 24.3 Å². The minimum absolute atomic E-state index is 0.121. The molecule has 1 atom stereocenters. The summed E-state index contributed by atoms with van der Waals surface area (Å²) in [6.07, 6.45) is 11.6. The number of rotatable bonds is 7. The quantitative estimate of drug-likeness (QED) is 0.781. The summed E-state index contributed by atoms with van der Waals surface area (Å²) in [7, 11) is 0. The van der Waals surface area contributed by atoms with E-state index in [1.165, 1.54) is 71.0 Å². The van der Waals surface area contributed by atoms with Gasteiger partial charge in [-0.2, -0.15) is 0 Å². The van der Waals surface area contributed by atoms with E-state index >= 15 is 0 Å². The van der Waals surface area contributed by atoms with Crippen LogP contribution in [0, 0.1) is 11.8 Å². The highest BCUT2D eigenvalue weighted by Crippen LogP contribution is 2.31. The lowest BCUT2D eigenvalue weighted by molar-refractivity contribution is 0.0881. The van der Waals surface area contributed by atoms with Crippen LogP contribution in [-0.4, -0.2) is 50.3 Å². The molecular weight excluding hydrogens is 336 g/mol. The Morgan fingerprint density at radius 1 is 0.889 bits per heavy atom. The van der Waals surface area contributed by atoms with Crippen molar-refractivity contribution in [2.75, 3.05) is 39.3 Å². The van der Waals surface area contributed by atoms with Crippen molar-refractivity contribution in [1.82, 2.24) is 10.2 Å². The van der Waals surface area contributed by atoms with Crippen LogP contribution >= 0.6 is 0 Å². The molecule has 0 bridgehead atoms. The summed E-state index contributed by atoms with van der Waals surface area (Å²) in [4.78, 5) is 2.71. The number of para-hydroxylation sites is 2. The lowest BCUT2D eigenvalue weighted by atomic mass is 9.86. The van der Waals surface area contributed by atoms with E-state index in [2.05, 4.69) is 10.2 Å². The van der Waals surface area contributed by atoms with Gasteiger partial charge in [0.25, 0.3) is 0 Å². The Labute approximate surface area is 164 Å². The molecule has 0 amide bonds. The topological polar surface area (TPSA) is 33.7 Å². The van der Waals surface area contributed by atoms with Gasteiger partial charge in [0.15, 0.2) is 11.5 Å². The first-order valence-corrected chi connectivity index (χ1v) is 11.2. The largest absolute Gasteiger partial charge is 0.486 e. The molecule has 1 aromatic carbocycles. The Morgan fingerprint density at radius 3 is 2.48 bits per heavy atom. The van der Waals surface area contributed by atoms with Crippen LogP contribution in [0.3, 0.4) is 0 Å². The molecule has 0 aromatic heterocycles. The van der Waals surface area contributed by atoms with Gasteiger partial charge in [0.2, 0.25) is 0 Å². The van der Waals surface area contributed by atoms with Crippen LogP contribution in [0.5, 0.6) is 11.5 Å². The number of nitrogens with one attached hydrogen (secondary N) is 1. The molecule has 1 saturated heterocycles. The number of benzene rings is 1. The highest BCUT2D eigenvalue weighted by molar-refractivity contribution is 5.40. The third kappa shape index (κ3) is 5.61. The molecule has 1 aliphatic carbocycles. The summed E-state index contributed by atoms with van der Waals surface area (Å²) in [6.45, 7) is 6.53. The van der Waals surface area contributed by atoms with Gasteiger partial charge in [-0.05, 0) is 69.4 Å². The van der Waals surface area contributed by atoms with Gasteiger partial charge in [0.1, 0.15) is 12.7 Å². The Morgan fingerprint density at radius 2 is 1.67 bits per heavy atom. The van der Waals surface area contributed by atoms with Crippen LogP contribution in [0.1, 0.15) is 51.4 Å². The zero-order chi connectivity index (χ0) is 18.3. The molecule has 2 aliphatic heterocycles. The number of ether oxygens (including phenoxy) is 2. The second kappa shape index (κ2) is 9.79. The summed E-state index contributed by atoms with van der Waals surface area (Å²) >= 11 is 0. The van der Waals surface area contributed by atoms with Crippen LogP contribution in [0.15, 0.2) is 24.3 Å². The first-order chi connectivity index (χ1) is 13.4. The zero-order valence-corrected chi connectivity index (χ0v) is 16.7. The SMILES string of the molecule is c1ccc2c(c1)OCC(CNCC1CCN(CCC3CCCCC3)CC1)O2. The van der Waals surface area contributed by atoms with Crippen molar-refractivity contribution < 1.29 is 9.47 Å². The van der Waals surface area contributed by atoms with E-state index < -0.39 is 0 Å². The third-order valence-electron chi connectivity index (χ3n) is 6.66. The van der Waals surface area contributed by atoms with E-state index in [0.29, 0.717) is 6.61 Å². The Bertz CT molecular complexity index is 565. The maximum atomic E-state index is 6.03. The molecule has 4 rings (SSSR count). The maximum absolute atomic E-state index is 6.03. The minimum Gasteiger partial charge on any atom is -0.486 e. The average Bonchev–Trinajstić information content (AvgIpc) is 2.74. The van der Waals surface area contributed by atoms with Gasteiger partial charge < -0.3 is 19.7 Å². The number of hydrogen-bond donors (Lipinski definition) is 1. The van der Waals surface area contributed by atoms with Crippen molar-refractivity contribution in [3.8, 4) is 11.5 Å². The fourth-order valence-corrected chi connectivity index (χ4v) is 4.87. The number of fused-ring (bicyclic) bond motifs is 1. The molecule has 3 aliphatic rings. The molecule has 1 aromatic rings. The second-order valence-electron chi connectivity index (χ2n) is 8.73. The normalized spacial score (nSPS) is 24.8. The minimum atomic E-state index is 0.121. The maximum Gasteiger partial charge on any atom is 0.161 e. The van der Waals surface area contributed by atoms with Crippen LogP contribution in [-0.2, 0) is 0 Å². The van der Waals surface area contributed by atoms with Gasteiger partial charge in [-0.15, -0.1) is 0 Å². The molecule has 4 nitrogen and oxygen atoms in total. The van der Waals surface area contributed by atoms with Crippen molar-refractivity contribution in [2.24, 2.45) is 11.8 Å². The smallest absolute Gasteiger partial charge is 0.161 e. The van der Waals surface area contributed by atoms with Crippen molar-refractivity contribution in [3.63, 3.8) is 0 Å². The summed E-state index contributed by atoms with van der Waals surface area (Å²) in [5, 5.41) is 3.63. The van der Waals surface area contributed by atoms with E-state index in [1.54, 1.807) is 0 Å². The van der Waals surface area contributed by atoms with E-state index in [-0.39, 0.29) is 6.10 Å². The van der Waals surface area contributed by atoms with Crippen LogP contribution in [0.25, 0.3) is 0 Å². The number of nitrogens with zero attached hydrogens (tertiary/aromatic N) is 1. The molecule has 2 fully saturated rings. The van der Waals surface area contributed by atoms with Crippen molar-refractivity contribution in [2.45, 2.75) is 57.5 Å². The van der Waals surface area contributed by atoms with E-state index in [9.17, 15) is 0 Å². The first-order valence-electron chi connectivity index (χ1n) is 11.2. The highest BCUT2D eigenvalue weighted by Gasteiger charge is 2.23. The highest BCUT2D eigenvalue weighted by atomic mass is 16.6. The van der Waals surface area contributed by atoms with Gasteiger partial charge in [0, 0.05) is 6.54 Å². The molecule has 1 unspecified atom stereocenters. The average molecular weight is 373 g/mol. The lowest BCUT2D eigenvalue weighted by Crippen LogP contribution is -2.42. The van der Waals surface area contributed by atoms with Crippen molar-refractivity contribution in [3.05, 3.63) is 24.3 Å². The van der Waals surface area contributed by atoms with E-state index in [4.69, 9.17) is 9.47 Å². The number of likely N-dealkylation sites (tertiary alicyclic amines) is 1. The molecular formula is C23H36N2O2. The zero-order valence-electron chi connectivity index (χ0n) is 16.7. The number of piperidine rings is 1. The molecule has 2 heterocycles. The predicted octanol–water partition coefficient (Wildman–Crippen LogP) is 4.10. The Balaban J connectivity index is 1.08. The second-order valence-corrected chi connectivity index (χ2v) is 8.73. The van der Waals surface area contributed by atoms with Crippen LogP contribution in [0.2, 0.25) is 0 Å². The third-order valence-corrected chi connectivity index (χ3v) is 6.66. The number of hydrogen-bond acceptors (Lipinski definition) is 4. The summed E-state index contributed by atoms with van der Waals surface area (Å²) in [5.74, 6) is 3.57. The van der Waals surface area contributed by atoms with Gasteiger partial charge in [-0.25, -0.2) is 0 Å². The predicted molar refractivity (Wildman–Crippen MR) is 110 cm³/mol. The summed E-state index contributed by atoms with van der Waals surface area (Å²) < 4.78 is 11.8. The lowest BCUT2D eigenvalue weighted by Gasteiger charge is -2.34. The van der Waals surface area contributed by atoms with Crippen LogP contribution in [0.4, 0.5) is 0 Å². The van der Waals surface area contributed by atoms with Gasteiger partial charge in [-0.3, -0.25) is 0 Å². The Hall–Kier alpha value is -1.26. The fourth-order valence-electron chi connectivity index (χ4n) is 4.87. The monoisotopic (exact) mass is 372 g/mol. The summed E-state index contributed by atoms with van der Waals surface area (Å²) in [6, 6.07) is 7.95.